The summed E-state index contributed by atoms with van der Waals surface area (Å²) in [4.78, 5) is 41.1. The first-order valence-corrected chi connectivity index (χ1v) is 13.8. The highest BCUT2D eigenvalue weighted by Gasteiger charge is 2.27. The number of carbonyl (C=O) groups is 3. The number of rotatable bonds is 7. The first-order chi connectivity index (χ1) is 17.8. The molecule has 0 radical (unpaired) electrons. The van der Waals surface area contributed by atoms with Gasteiger partial charge in [-0.25, -0.2) is 0 Å². The lowest BCUT2D eigenvalue weighted by atomic mass is 10.0. The smallest absolute Gasteiger partial charge is 0.255 e. The highest BCUT2D eigenvalue weighted by molar-refractivity contribution is 8.00. The fraction of sp³-hybridized carbons (Fsp3) is 0.259. The number of thiophene rings is 1. The number of nitrogens with one attached hydrogen (secondary N) is 2. The Hall–Kier alpha value is -3.32. The van der Waals surface area contributed by atoms with Crippen molar-refractivity contribution in [3.05, 3.63) is 75.1 Å². The van der Waals surface area contributed by atoms with Gasteiger partial charge in [-0.3, -0.25) is 14.4 Å². The zero-order valence-corrected chi connectivity index (χ0v) is 22.7. The minimum atomic E-state index is -0.404. The zero-order chi connectivity index (χ0) is 26.5. The maximum absolute atomic E-state index is 13.2. The molecule has 190 valence electrons. The van der Waals surface area contributed by atoms with Crippen LogP contribution in [0.5, 0.6) is 0 Å². The van der Waals surface area contributed by atoms with Crippen LogP contribution < -0.4 is 10.6 Å². The second-order valence-electron chi connectivity index (χ2n) is 8.51. The Labute approximate surface area is 228 Å². The number of anilines is 2. The minimum Gasteiger partial charge on any atom is -0.337 e. The van der Waals surface area contributed by atoms with Crippen LogP contribution in [-0.4, -0.2) is 34.4 Å². The van der Waals surface area contributed by atoms with E-state index < -0.39 is 5.25 Å². The van der Waals surface area contributed by atoms with Gasteiger partial charge in [-0.15, -0.1) is 23.1 Å². The highest BCUT2D eigenvalue weighted by Crippen LogP contribution is 2.37. The molecular weight excluding hydrogens is 528 g/mol. The average Bonchev–Trinajstić information content (AvgIpc) is 3.23. The summed E-state index contributed by atoms with van der Waals surface area (Å²) in [7, 11) is 0. The molecule has 2 aromatic carbocycles. The molecule has 4 rings (SSSR count). The Morgan fingerprint density at radius 2 is 1.97 bits per heavy atom. The van der Waals surface area contributed by atoms with Gasteiger partial charge in [0.15, 0.2) is 0 Å². The van der Waals surface area contributed by atoms with Crippen LogP contribution in [0.15, 0.2) is 53.4 Å². The van der Waals surface area contributed by atoms with E-state index in [2.05, 4.69) is 16.7 Å². The summed E-state index contributed by atoms with van der Waals surface area (Å²) in [6, 6.07) is 16.3. The SMILES string of the molecule is CCC(Sc1cccc(NC(=O)c2cccc(Cl)c2)c1)C(=O)Nc1sc2c(c1C#N)CCN(C(C)=O)C2. The monoisotopic (exact) mass is 552 g/mol. The van der Waals surface area contributed by atoms with Crippen molar-refractivity contribution >= 4 is 63.1 Å². The average molecular weight is 553 g/mol. The van der Waals surface area contributed by atoms with Crippen molar-refractivity contribution in [2.24, 2.45) is 0 Å². The third-order valence-corrected chi connectivity index (χ3v) is 8.70. The lowest BCUT2D eigenvalue weighted by molar-refractivity contribution is -0.129. The molecule has 1 aromatic heterocycles. The quantitative estimate of drug-likeness (QED) is 0.353. The Bertz CT molecular complexity index is 1400. The van der Waals surface area contributed by atoms with Crippen LogP contribution in [0.2, 0.25) is 5.02 Å². The van der Waals surface area contributed by atoms with E-state index in [-0.39, 0.29) is 17.7 Å². The van der Waals surface area contributed by atoms with E-state index in [1.54, 1.807) is 35.2 Å². The van der Waals surface area contributed by atoms with Crippen LogP contribution in [0.25, 0.3) is 0 Å². The topological polar surface area (TPSA) is 102 Å². The molecular formula is C27H25ClN4O3S2. The lowest BCUT2D eigenvalue weighted by Crippen LogP contribution is -2.33. The summed E-state index contributed by atoms with van der Waals surface area (Å²) in [5.74, 6) is -0.473. The molecule has 1 unspecified atom stereocenters. The number of thioether (sulfide) groups is 1. The van der Waals surface area contributed by atoms with Gasteiger partial charge in [0.1, 0.15) is 11.1 Å². The van der Waals surface area contributed by atoms with Gasteiger partial charge in [-0.05, 0) is 54.8 Å². The van der Waals surface area contributed by atoms with Crippen LogP contribution in [-0.2, 0) is 22.6 Å². The van der Waals surface area contributed by atoms with Gasteiger partial charge in [0.25, 0.3) is 5.91 Å². The van der Waals surface area contributed by atoms with Crippen LogP contribution >= 0.6 is 34.7 Å². The molecule has 1 aliphatic rings. The van der Waals surface area contributed by atoms with Gasteiger partial charge in [-0.2, -0.15) is 5.26 Å². The Kier molecular flexibility index (Phi) is 8.54. The van der Waals surface area contributed by atoms with Crippen molar-refractivity contribution in [1.82, 2.24) is 4.90 Å². The van der Waals surface area contributed by atoms with Gasteiger partial charge >= 0.3 is 0 Å². The zero-order valence-electron chi connectivity index (χ0n) is 20.3. The lowest BCUT2D eigenvalue weighted by Gasteiger charge is -2.25. The summed E-state index contributed by atoms with van der Waals surface area (Å²) in [5, 5.41) is 16.2. The predicted octanol–water partition coefficient (Wildman–Crippen LogP) is 5.94. The van der Waals surface area contributed by atoms with Gasteiger partial charge in [-0.1, -0.05) is 30.7 Å². The number of amides is 3. The van der Waals surface area contributed by atoms with Crippen LogP contribution in [0.3, 0.4) is 0 Å². The molecule has 0 fully saturated rings. The van der Waals surface area contributed by atoms with E-state index in [0.717, 1.165) is 15.3 Å². The molecule has 2 N–H and O–H groups in total. The van der Waals surface area contributed by atoms with E-state index in [9.17, 15) is 19.6 Å². The number of fused-ring (bicyclic) bond motifs is 1. The van der Waals surface area contributed by atoms with Crippen LogP contribution in [0.4, 0.5) is 10.7 Å². The van der Waals surface area contributed by atoms with Crippen molar-refractivity contribution in [1.29, 1.82) is 5.26 Å². The van der Waals surface area contributed by atoms with E-state index in [0.29, 0.717) is 52.8 Å². The van der Waals surface area contributed by atoms with Gasteiger partial charge in [0.2, 0.25) is 11.8 Å². The normalized spacial score (nSPS) is 13.3. The fourth-order valence-electron chi connectivity index (χ4n) is 4.04. The number of hydrogen-bond donors (Lipinski definition) is 2. The molecule has 1 aliphatic heterocycles. The van der Waals surface area contributed by atoms with E-state index in [4.69, 9.17) is 11.6 Å². The highest BCUT2D eigenvalue weighted by atomic mass is 35.5. The second kappa shape index (κ2) is 11.8. The Balaban J connectivity index is 1.45. The third-order valence-electron chi connectivity index (χ3n) is 5.97. The maximum Gasteiger partial charge on any atom is 0.255 e. The molecule has 0 saturated carbocycles. The number of benzene rings is 2. The van der Waals surface area contributed by atoms with Gasteiger partial charge in [0.05, 0.1) is 17.4 Å². The molecule has 0 spiro atoms. The molecule has 3 amide bonds. The van der Waals surface area contributed by atoms with Crippen molar-refractivity contribution in [3.63, 3.8) is 0 Å². The van der Waals surface area contributed by atoms with Crippen molar-refractivity contribution in [3.8, 4) is 6.07 Å². The first-order valence-electron chi connectivity index (χ1n) is 11.7. The van der Waals surface area contributed by atoms with Crippen LogP contribution in [0.1, 0.15) is 46.6 Å². The summed E-state index contributed by atoms with van der Waals surface area (Å²) < 4.78 is 0. The summed E-state index contributed by atoms with van der Waals surface area (Å²) in [6.07, 6.45) is 1.17. The van der Waals surface area contributed by atoms with Crippen molar-refractivity contribution in [2.45, 2.75) is 43.4 Å². The molecule has 7 nitrogen and oxygen atoms in total. The van der Waals surface area contributed by atoms with E-state index >= 15 is 0 Å². The summed E-state index contributed by atoms with van der Waals surface area (Å²) >= 11 is 8.75. The molecule has 37 heavy (non-hydrogen) atoms. The molecule has 0 saturated heterocycles. The number of nitriles is 1. The van der Waals surface area contributed by atoms with Gasteiger partial charge in [0, 0.05) is 39.5 Å². The van der Waals surface area contributed by atoms with Crippen LogP contribution in [0, 0.1) is 11.3 Å². The number of hydrogen-bond acceptors (Lipinski definition) is 6. The van der Waals surface area contributed by atoms with Crippen molar-refractivity contribution < 1.29 is 14.4 Å². The molecule has 10 heteroatoms. The van der Waals surface area contributed by atoms with E-state index in [1.807, 2.05) is 25.1 Å². The predicted molar refractivity (Wildman–Crippen MR) is 148 cm³/mol. The second-order valence-corrected chi connectivity index (χ2v) is 11.3. The first kappa shape index (κ1) is 26.7. The Morgan fingerprint density at radius 1 is 1.19 bits per heavy atom. The Morgan fingerprint density at radius 3 is 2.68 bits per heavy atom. The molecule has 2 heterocycles. The maximum atomic E-state index is 13.2. The summed E-state index contributed by atoms with van der Waals surface area (Å²) in [6.45, 7) is 4.49. The van der Waals surface area contributed by atoms with Crippen molar-refractivity contribution in [2.75, 3.05) is 17.2 Å². The fourth-order valence-corrected chi connectivity index (χ4v) is 6.46. The van der Waals surface area contributed by atoms with E-state index in [1.165, 1.54) is 30.0 Å². The standard InChI is InChI=1S/C27H25ClN4O3S2/c1-3-23(26(35)31-27-22(14-29)21-10-11-32(16(2)33)15-24(21)37-27)36-20-9-5-8-19(13-20)30-25(34)17-6-4-7-18(28)12-17/h4-9,12-13,23H,3,10-11,15H2,1-2H3,(H,30,34)(H,31,35). The third kappa shape index (κ3) is 6.34. The molecule has 0 aliphatic carbocycles. The minimum absolute atomic E-state index is 0.00317. The number of halogens is 1. The largest absolute Gasteiger partial charge is 0.337 e. The number of nitrogens with zero attached hydrogens (tertiary/aromatic N) is 2. The van der Waals surface area contributed by atoms with Gasteiger partial charge < -0.3 is 15.5 Å². The molecule has 1 atom stereocenters. The number of carbonyl (C=O) groups excluding carboxylic acids is 3. The molecule has 0 bridgehead atoms. The summed E-state index contributed by atoms with van der Waals surface area (Å²) in [5.41, 5.74) is 2.47. The molecule has 3 aromatic rings.